The molecule has 1 saturated carbocycles. The molecule has 0 radical (unpaired) electrons. The standard InChI is InChI=1S/C17H25ClN2/c18-16-9-5-4-8-15(16)12-20-11-10-19-17(13-20)14-6-2-1-3-7-14/h4-5,8-9,14,17,19H,1-3,6-7,10-13H2. The summed E-state index contributed by atoms with van der Waals surface area (Å²) < 4.78 is 0. The third kappa shape index (κ3) is 3.55. The van der Waals surface area contributed by atoms with Crippen LogP contribution in [-0.4, -0.2) is 30.6 Å². The van der Waals surface area contributed by atoms with Crippen LogP contribution < -0.4 is 5.32 Å². The smallest absolute Gasteiger partial charge is 0.0451 e. The van der Waals surface area contributed by atoms with Gasteiger partial charge in [-0.3, -0.25) is 4.90 Å². The Morgan fingerprint density at radius 3 is 2.75 bits per heavy atom. The van der Waals surface area contributed by atoms with Crippen molar-refractivity contribution in [2.75, 3.05) is 19.6 Å². The summed E-state index contributed by atoms with van der Waals surface area (Å²) in [6, 6.07) is 8.93. The Balaban J connectivity index is 1.59. The van der Waals surface area contributed by atoms with Crippen LogP contribution in [0.2, 0.25) is 5.02 Å². The van der Waals surface area contributed by atoms with Gasteiger partial charge < -0.3 is 5.32 Å². The zero-order valence-electron chi connectivity index (χ0n) is 12.2. The van der Waals surface area contributed by atoms with Gasteiger partial charge in [-0.25, -0.2) is 0 Å². The maximum atomic E-state index is 6.29. The fourth-order valence-corrected chi connectivity index (χ4v) is 3.90. The van der Waals surface area contributed by atoms with E-state index < -0.39 is 0 Å². The number of nitrogens with zero attached hydrogens (tertiary/aromatic N) is 1. The zero-order chi connectivity index (χ0) is 13.8. The first-order chi connectivity index (χ1) is 9.83. The summed E-state index contributed by atoms with van der Waals surface area (Å²) in [6.45, 7) is 4.42. The van der Waals surface area contributed by atoms with Gasteiger partial charge in [0.2, 0.25) is 0 Å². The molecule has 1 saturated heterocycles. The van der Waals surface area contributed by atoms with Crippen molar-refractivity contribution in [3.63, 3.8) is 0 Å². The second-order valence-electron chi connectivity index (χ2n) is 6.29. The van der Waals surface area contributed by atoms with Crippen molar-refractivity contribution in [2.24, 2.45) is 5.92 Å². The molecule has 0 bridgehead atoms. The lowest BCUT2D eigenvalue weighted by Crippen LogP contribution is -2.53. The summed E-state index contributed by atoms with van der Waals surface area (Å²) in [4.78, 5) is 2.57. The van der Waals surface area contributed by atoms with E-state index in [4.69, 9.17) is 11.6 Å². The Labute approximate surface area is 127 Å². The van der Waals surface area contributed by atoms with Crippen molar-refractivity contribution >= 4 is 11.6 Å². The van der Waals surface area contributed by atoms with E-state index in [1.165, 1.54) is 44.2 Å². The number of hydrogen-bond acceptors (Lipinski definition) is 2. The van der Waals surface area contributed by atoms with Gasteiger partial charge in [-0.1, -0.05) is 49.1 Å². The van der Waals surface area contributed by atoms with E-state index in [1.54, 1.807) is 0 Å². The molecular formula is C17H25ClN2. The highest BCUT2D eigenvalue weighted by Crippen LogP contribution is 2.28. The quantitative estimate of drug-likeness (QED) is 0.914. The van der Waals surface area contributed by atoms with Gasteiger partial charge in [0.25, 0.3) is 0 Å². The predicted molar refractivity (Wildman–Crippen MR) is 85.1 cm³/mol. The van der Waals surface area contributed by atoms with Crippen molar-refractivity contribution in [1.29, 1.82) is 0 Å². The Kier molecular flexibility index (Phi) is 4.98. The molecule has 1 heterocycles. The molecule has 3 heteroatoms. The fourth-order valence-electron chi connectivity index (χ4n) is 3.71. The maximum Gasteiger partial charge on any atom is 0.0451 e. The van der Waals surface area contributed by atoms with Gasteiger partial charge in [-0.2, -0.15) is 0 Å². The van der Waals surface area contributed by atoms with Crippen LogP contribution in [0, 0.1) is 5.92 Å². The molecule has 1 atom stereocenters. The van der Waals surface area contributed by atoms with Gasteiger partial charge in [0.1, 0.15) is 0 Å². The number of rotatable bonds is 3. The number of halogens is 1. The highest BCUT2D eigenvalue weighted by Gasteiger charge is 2.28. The molecule has 2 fully saturated rings. The minimum atomic E-state index is 0.687. The molecule has 0 amide bonds. The SMILES string of the molecule is Clc1ccccc1CN1CCNC(C2CCCCC2)C1. The zero-order valence-corrected chi connectivity index (χ0v) is 12.9. The van der Waals surface area contributed by atoms with Crippen molar-refractivity contribution in [3.8, 4) is 0 Å². The normalized spacial score (nSPS) is 25.8. The van der Waals surface area contributed by atoms with Crippen LogP contribution in [0.15, 0.2) is 24.3 Å². The van der Waals surface area contributed by atoms with Crippen molar-refractivity contribution in [2.45, 2.75) is 44.7 Å². The third-order valence-electron chi connectivity index (χ3n) is 4.86. The van der Waals surface area contributed by atoms with Crippen LogP contribution in [-0.2, 0) is 6.54 Å². The molecule has 1 aliphatic heterocycles. The molecular weight excluding hydrogens is 268 g/mol. The van der Waals surface area contributed by atoms with Crippen molar-refractivity contribution < 1.29 is 0 Å². The Bertz CT molecular complexity index is 429. The van der Waals surface area contributed by atoms with Gasteiger partial charge in [0.05, 0.1) is 0 Å². The molecule has 0 aromatic heterocycles. The second-order valence-corrected chi connectivity index (χ2v) is 6.69. The number of nitrogens with one attached hydrogen (secondary N) is 1. The van der Waals surface area contributed by atoms with Crippen LogP contribution >= 0.6 is 11.6 Å². The summed E-state index contributed by atoms with van der Waals surface area (Å²) >= 11 is 6.29. The van der Waals surface area contributed by atoms with E-state index in [1.807, 2.05) is 12.1 Å². The number of piperazine rings is 1. The highest BCUT2D eigenvalue weighted by molar-refractivity contribution is 6.31. The Morgan fingerprint density at radius 1 is 1.15 bits per heavy atom. The van der Waals surface area contributed by atoms with Gasteiger partial charge >= 0.3 is 0 Å². The van der Waals surface area contributed by atoms with Crippen LogP contribution in [0.3, 0.4) is 0 Å². The van der Waals surface area contributed by atoms with E-state index in [0.29, 0.717) is 6.04 Å². The van der Waals surface area contributed by atoms with E-state index in [-0.39, 0.29) is 0 Å². The molecule has 1 aromatic rings. The summed E-state index contributed by atoms with van der Waals surface area (Å²) in [5.41, 5.74) is 1.26. The van der Waals surface area contributed by atoms with E-state index in [9.17, 15) is 0 Å². The van der Waals surface area contributed by atoms with E-state index in [2.05, 4.69) is 22.3 Å². The summed E-state index contributed by atoms with van der Waals surface area (Å²) in [5.74, 6) is 0.887. The summed E-state index contributed by atoms with van der Waals surface area (Å²) in [7, 11) is 0. The van der Waals surface area contributed by atoms with E-state index in [0.717, 1.165) is 30.6 Å². The molecule has 110 valence electrons. The first kappa shape index (κ1) is 14.4. The first-order valence-electron chi connectivity index (χ1n) is 8.02. The molecule has 1 unspecified atom stereocenters. The summed E-state index contributed by atoms with van der Waals surface area (Å²) in [5, 5.41) is 4.65. The lowest BCUT2D eigenvalue weighted by atomic mass is 9.83. The number of hydrogen-bond donors (Lipinski definition) is 1. The lowest BCUT2D eigenvalue weighted by Gasteiger charge is -2.39. The largest absolute Gasteiger partial charge is 0.311 e. The lowest BCUT2D eigenvalue weighted by molar-refractivity contribution is 0.141. The minimum Gasteiger partial charge on any atom is -0.311 e. The van der Waals surface area contributed by atoms with Crippen molar-refractivity contribution in [1.82, 2.24) is 10.2 Å². The van der Waals surface area contributed by atoms with Crippen LogP contribution in [0.25, 0.3) is 0 Å². The molecule has 2 aliphatic rings. The predicted octanol–water partition coefficient (Wildman–Crippen LogP) is 3.69. The number of benzene rings is 1. The Morgan fingerprint density at radius 2 is 1.95 bits per heavy atom. The summed E-state index contributed by atoms with van der Waals surface area (Å²) in [6.07, 6.45) is 7.11. The Hall–Kier alpha value is -0.570. The van der Waals surface area contributed by atoms with Crippen LogP contribution in [0.4, 0.5) is 0 Å². The molecule has 3 rings (SSSR count). The van der Waals surface area contributed by atoms with E-state index >= 15 is 0 Å². The second kappa shape index (κ2) is 6.93. The average Bonchev–Trinajstić information content (AvgIpc) is 2.51. The van der Waals surface area contributed by atoms with Gasteiger partial charge in [-0.05, 0) is 30.4 Å². The molecule has 20 heavy (non-hydrogen) atoms. The van der Waals surface area contributed by atoms with Crippen molar-refractivity contribution in [3.05, 3.63) is 34.9 Å². The molecule has 1 aromatic carbocycles. The van der Waals surface area contributed by atoms with Crippen LogP contribution in [0.1, 0.15) is 37.7 Å². The third-order valence-corrected chi connectivity index (χ3v) is 5.23. The monoisotopic (exact) mass is 292 g/mol. The molecule has 1 aliphatic carbocycles. The topological polar surface area (TPSA) is 15.3 Å². The minimum absolute atomic E-state index is 0.687. The van der Waals surface area contributed by atoms with Gasteiger partial charge in [0.15, 0.2) is 0 Å². The molecule has 1 N–H and O–H groups in total. The maximum absolute atomic E-state index is 6.29. The fraction of sp³-hybridized carbons (Fsp3) is 0.647. The highest BCUT2D eigenvalue weighted by atomic mass is 35.5. The van der Waals surface area contributed by atoms with Crippen LogP contribution in [0.5, 0.6) is 0 Å². The first-order valence-corrected chi connectivity index (χ1v) is 8.40. The molecule has 0 spiro atoms. The van der Waals surface area contributed by atoms with Gasteiger partial charge in [0, 0.05) is 37.2 Å². The average molecular weight is 293 g/mol. The molecule has 2 nitrogen and oxygen atoms in total. The van der Waals surface area contributed by atoms with Gasteiger partial charge in [-0.15, -0.1) is 0 Å².